The molecular weight excluding hydrogens is 434 g/mol. The number of thiazole rings is 1. The normalized spacial score (nSPS) is 14.2. The summed E-state index contributed by atoms with van der Waals surface area (Å²) in [6.45, 7) is 4.38. The molecule has 1 aliphatic heterocycles. The van der Waals surface area contributed by atoms with Crippen LogP contribution in [0, 0.1) is 13.8 Å². The number of sulfonamides is 1. The number of nitrogens with one attached hydrogen (secondary N) is 1. The lowest BCUT2D eigenvalue weighted by Gasteiger charge is -2.25. The van der Waals surface area contributed by atoms with Gasteiger partial charge < -0.3 is 4.74 Å². The molecule has 0 unspecified atom stereocenters. The van der Waals surface area contributed by atoms with Crippen molar-refractivity contribution in [3.63, 3.8) is 0 Å². The van der Waals surface area contributed by atoms with Crippen LogP contribution in [0.5, 0.6) is 5.75 Å². The van der Waals surface area contributed by atoms with E-state index in [1.165, 1.54) is 15.6 Å². The molecule has 31 heavy (non-hydrogen) atoms. The number of hydrogen-bond acceptors (Lipinski definition) is 6. The number of fused-ring (bicyclic) bond motifs is 1. The van der Waals surface area contributed by atoms with E-state index in [4.69, 9.17) is 4.74 Å². The summed E-state index contributed by atoms with van der Waals surface area (Å²) >= 11 is 1.32. The van der Waals surface area contributed by atoms with Crippen molar-refractivity contribution in [3.05, 3.63) is 69.7 Å². The topological polar surface area (TPSA) is 88.6 Å². The Morgan fingerprint density at radius 1 is 1.16 bits per heavy atom. The maximum Gasteiger partial charge on any atom is 0.257 e. The van der Waals surface area contributed by atoms with Crippen LogP contribution in [0.3, 0.4) is 0 Å². The van der Waals surface area contributed by atoms with Gasteiger partial charge >= 0.3 is 0 Å². The van der Waals surface area contributed by atoms with E-state index in [0.717, 1.165) is 21.7 Å². The second kappa shape index (κ2) is 8.41. The van der Waals surface area contributed by atoms with E-state index in [0.29, 0.717) is 29.4 Å². The maximum atomic E-state index is 13.0. The summed E-state index contributed by atoms with van der Waals surface area (Å²) in [5.74, 6) is 0.434. The highest BCUT2D eigenvalue weighted by Gasteiger charge is 2.30. The Morgan fingerprint density at radius 2 is 1.90 bits per heavy atom. The lowest BCUT2D eigenvalue weighted by Crippen LogP contribution is -2.35. The Bertz CT molecular complexity index is 1230. The molecule has 2 aromatic carbocycles. The van der Waals surface area contributed by atoms with E-state index >= 15 is 0 Å². The van der Waals surface area contributed by atoms with Gasteiger partial charge in [-0.2, -0.15) is 4.31 Å². The number of benzene rings is 2. The van der Waals surface area contributed by atoms with Crippen molar-refractivity contribution in [2.45, 2.75) is 31.7 Å². The molecule has 3 aromatic rings. The van der Waals surface area contributed by atoms with Gasteiger partial charge in [0.2, 0.25) is 10.0 Å². The van der Waals surface area contributed by atoms with Crippen LogP contribution in [-0.4, -0.2) is 37.3 Å². The molecule has 1 aromatic heterocycles. The highest BCUT2D eigenvalue weighted by atomic mass is 32.2. The van der Waals surface area contributed by atoms with Crippen LogP contribution in [-0.2, 0) is 23.0 Å². The molecule has 9 heteroatoms. The summed E-state index contributed by atoms with van der Waals surface area (Å²) in [4.78, 5) is 18.4. The average Bonchev–Trinajstić information content (AvgIpc) is 3.15. The van der Waals surface area contributed by atoms with E-state index in [9.17, 15) is 13.2 Å². The average molecular weight is 458 g/mol. The molecule has 0 bridgehead atoms. The van der Waals surface area contributed by atoms with Gasteiger partial charge in [0.25, 0.3) is 5.91 Å². The molecule has 0 radical (unpaired) electrons. The summed E-state index contributed by atoms with van der Waals surface area (Å²) in [5.41, 5.74) is 3.18. The third-order valence-electron chi connectivity index (χ3n) is 5.25. The minimum atomic E-state index is -3.58. The fourth-order valence-electron chi connectivity index (χ4n) is 3.47. The van der Waals surface area contributed by atoms with Gasteiger partial charge in [-0.05, 0) is 49.7 Å². The van der Waals surface area contributed by atoms with Crippen LogP contribution in [0.15, 0.2) is 47.4 Å². The number of hydrogen-bond donors (Lipinski definition) is 1. The quantitative estimate of drug-likeness (QED) is 0.630. The molecule has 0 fully saturated rings. The molecule has 4 rings (SSSR count). The highest BCUT2D eigenvalue weighted by Crippen LogP contribution is 2.31. The van der Waals surface area contributed by atoms with Crippen LogP contribution in [0.1, 0.15) is 32.1 Å². The van der Waals surface area contributed by atoms with E-state index < -0.39 is 10.0 Å². The predicted molar refractivity (Wildman–Crippen MR) is 120 cm³/mol. The Labute approximate surface area is 185 Å². The van der Waals surface area contributed by atoms with Crippen molar-refractivity contribution < 1.29 is 17.9 Å². The van der Waals surface area contributed by atoms with Gasteiger partial charge in [-0.25, -0.2) is 13.4 Å². The van der Waals surface area contributed by atoms with Crippen LogP contribution < -0.4 is 10.1 Å². The number of methoxy groups -OCH3 is 1. The number of ether oxygens (including phenoxy) is 1. The molecule has 1 aliphatic rings. The summed E-state index contributed by atoms with van der Waals surface area (Å²) in [5, 5.41) is 3.32. The van der Waals surface area contributed by atoms with Gasteiger partial charge in [0.1, 0.15) is 5.75 Å². The number of amides is 1. The van der Waals surface area contributed by atoms with Crippen LogP contribution in [0.2, 0.25) is 0 Å². The van der Waals surface area contributed by atoms with Gasteiger partial charge in [0.15, 0.2) is 5.13 Å². The third kappa shape index (κ3) is 4.34. The predicted octanol–water partition coefficient (Wildman–Crippen LogP) is 3.77. The van der Waals surface area contributed by atoms with Crippen molar-refractivity contribution in [1.82, 2.24) is 9.29 Å². The molecule has 2 heterocycles. The van der Waals surface area contributed by atoms with E-state index in [2.05, 4.69) is 10.3 Å². The van der Waals surface area contributed by atoms with Crippen LogP contribution >= 0.6 is 11.3 Å². The van der Waals surface area contributed by atoms with Crippen LogP contribution in [0.25, 0.3) is 0 Å². The zero-order chi connectivity index (χ0) is 22.2. The number of carbonyl (C=O) groups is 1. The first kappa shape index (κ1) is 21.5. The zero-order valence-electron chi connectivity index (χ0n) is 17.5. The van der Waals surface area contributed by atoms with Gasteiger partial charge in [0, 0.05) is 23.4 Å². The first-order chi connectivity index (χ1) is 14.8. The number of anilines is 1. The van der Waals surface area contributed by atoms with Gasteiger partial charge in [-0.15, -0.1) is 11.3 Å². The molecule has 7 nitrogen and oxygen atoms in total. The first-order valence-corrected chi connectivity index (χ1v) is 12.0. The number of nitrogens with zero attached hydrogens (tertiary/aromatic N) is 2. The van der Waals surface area contributed by atoms with Gasteiger partial charge in [-0.3, -0.25) is 10.1 Å². The molecule has 0 saturated carbocycles. The van der Waals surface area contributed by atoms with Gasteiger partial charge in [-0.1, -0.05) is 17.7 Å². The molecule has 0 spiro atoms. The monoisotopic (exact) mass is 457 g/mol. The Morgan fingerprint density at radius 3 is 2.58 bits per heavy atom. The minimum Gasteiger partial charge on any atom is -0.497 e. The van der Waals surface area contributed by atoms with Crippen molar-refractivity contribution >= 4 is 32.4 Å². The smallest absolute Gasteiger partial charge is 0.257 e. The number of rotatable bonds is 5. The molecule has 0 atom stereocenters. The standard InChI is InChI=1S/C22H23N3O4S2/c1-14-4-7-17(8-5-14)31(27,28)25-11-10-19-20(13-25)30-22(23-19)24-21(26)18-9-6-16(29-3)12-15(18)2/h4-9,12H,10-11,13H2,1-3H3,(H,23,24,26). The fourth-order valence-corrected chi connectivity index (χ4v) is 5.98. The largest absolute Gasteiger partial charge is 0.497 e. The Hall–Kier alpha value is -2.75. The number of aryl methyl sites for hydroxylation is 2. The fraction of sp³-hybridized carbons (Fsp3) is 0.273. The molecule has 0 aliphatic carbocycles. The van der Waals surface area contributed by atoms with Crippen molar-refractivity contribution in [3.8, 4) is 5.75 Å². The highest BCUT2D eigenvalue weighted by molar-refractivity contribution is 7.89. The number of carbonyl (C=O) groups excluding carboxylic acids is 1. The molecular formula is C22H23N3O4S2. The van der Waals surface area contributed by atoms with E-state index in [-0.39, 0.29) is 17.3 Å². The third-order valence-corrected chi connectivity index (χ3v) is 8.11. The van der Waals surface area contributed by atoms with E-state index in [1.54, 1.807) is 49.6 Å². The molecule has 1 N–H and O–H groups in total. The molecule has 162 valence electrons. The van der Waals surface area contributed by atoms with Crippen molar-refractivity contribution in [1.29, 1.82) is 0 Å². The maximum absolute atomic E-state index is 13.0. The Balaban J connectivity index is 1.51. The van der Waals surface area contributed by atoms with Crippen molar-refractivity contribution in [2.24, 2.45) is 0 Å². The second-order valence-corrected chi connectivity index (χ2v) is 10.4. The van der Waals surface area contributed by atoms with E-state index in [1.807, 2.05) is 13.8 Å². The molecule has 1 amide bonds. The SMILES string of the molecule is COc1ccc(C(=O)Nc2nc3c(s2)CN(S(=O)(=O)c2ccc(C)cc2)CC3)c(C)c1. The zero-order valence-corrected chi connectivity index (χ0v) is 19.1. The summed E-state index contributed by atoms with van der Waals surface area (Å²) in [6, 6.07) is 12.1. The summed E-state index contributed by atoms with van der Waals surface area (Å²) in [7, 11) is -2.00. The molecule has 0 saturated heterocycles. The second-order valence-electron chi connectivity index (χ2n) is 7.43. The minimum absolute atomic E-state index is 0.251. The summed E-state index contributed by atoms with van der Waals surface area (Å²) in [6.07, 6.45) is 0.508. The number of aromatic nitrogens is 1. The van der Waals surface area contributed by atoms with Gasteiger partial charge in [0.05, 0.1) is 24.2 Å². The summed E-state index contributed by atoms with van der Waals surface area (Å²) < 4.78 is 32.6. The lowest BCUT2D eigenvalue weighted by molar-refractivity contribution is 0.102. The first-order valence-electron chi connectivity index (χ1n) is 9.79. The van der Waals surface area contributed by atoms with Crippen molar-refractivity contribution in [2.75, 3.05) is 19.0 Å². The Kier molecular flexibility index (Phi) is 5.83. The lowest BCUT2D eigenvalue weighted by atomic mass is 10.1. The van der Waals surface area contributed by atoms with Crippen LogP contribution in [0.4, 0.5) is 5.13 Å².